The zero-order chi connectivity index (χ0) is 20.3. The van der Waals surface area contributed by atoms with Gasteiger partial charge >= 0.3 is 5.69 Å². The van der Waals surface area contributed by atoms with Crippen molar-refractivity contribution >= 4 is 5.91 Å². The number of nitrogens with one attached hydrogen (secondary N) is 2. The normalized spacial score (nSPS) is 22.7. The van der Waals surface area contributed by atoms with Crippen LogP contribution in [-0.2, 0) is 0 Å². The molecule has 2 aliphatic rings. The molecule has 0 saturated carbocycles. The van der Waals surface area contributed by atoms with E-state index in [0.717, 1.165) is 38.5 Å². The molecule has 2 fully saturated rings. The number of aliphatic hydroxyl groups excluding tert-OH is 1. The van der Waals surface area contributed by atoms with Crippen molar-refractivity contribution in [1.29, 1.82) is 0 Å². The molecule has 1 aromatic heterocycles. The number of rotatable bonds is 5. The summed E-state index contributed by atoms with van der Waals surface area (Å²) < 4.78 is 0. The van der Waals surface area contributed by atoms with E-state index >= 15 is 0 Å². The fourth-order valence-corrected chi connectivity index (χ4v) is 4.43. The standard InChI is InChI=1S/C19H31N5O4/c1-13(2)22-6-3-14(4-7-22)24-9-8-23(12-15(24)5-10-25)18(27)16-11-17(26)21-19(28)20-16/h11,13-15,25H,3-10,12H2,1-2H3,(H2,20,21,26,28). The van der Waals surface area contributed by atoms with E-state index in [4.69, 9.17) is 0 Å². The average Bonchev–Trinajstić information content (AvgIpc) is 2.67. The van der Waals surface area contributed by atoms with Crippen molar-refractivity contribution in [2.24, 2.45) is 0 Å². The van der Waals surface area contributed by atoms with Crippen molar-refractivity contribution in [3.63, 3.8) is 0 Å². The van der Waals surface area contributed by atoms with Crippen LogP contribution in [0.1, 0.15) is 43.6 Å². The maximum atomic E-state index is 12.8. The number of H-pyrrole nitrogens is 2. The number of aliphatic hydroxyl groups is 1. The number of hydrogen-bond acceptors (Lipinski definition) is 6. The van der Waals surface area contributed by atoms with E-state index in [1.165, 1.54) is 0 Å². The maximum absolute atomic E-state index is 12.8. The largest absolute Gasteiger partial charge is 0.396 e. The summed E-state index contributed by atoms with van der Waals surface area (Å²) in [6.45, 7) is 8.41. The number of aromatic nitrogens is 2. The fourth-order valence-electron chi connectivity index (χ4n) is 4.43. The zero-order valence-electron chi connectivity index (χ0n) is 16.7. The molecule has 0 bridgehead atoms. The third kappa shape index (κ3) is 4.71. The van der Waals surface area contributed by atoms with Gasteiger partial charge < -0.3 is 19.9 Å². The highest BCUT2D eigenvalue weighted by atomic mass is 16.3. The lowest BCUT2D eigenvalue weighted by atomic mass is 9.97. The van der Waals surface area contributed by atoms with E-state index in [1.54, 1.807) is 4.90 Å². The number of piperazine rings is 1. The third-order valence-corrected chi connectivity index (χ3v) is 5.97. The van der Waals surface area contributed by atoms with E-state index in [1.807, 2.05) is 0 Å². The first kappa shape index (κ1) is 20.8. The predicted octanol–water partition coefficient (Wildman–Crippen LogP) is -0.555. The smallest absolute Gasteiger partial charge is 0.326 e. The first-order valence-corrected chi connectivity index (χ1v) is 10.1. The van der Waals surface area contributed by atoms with Crippen molar-refractivity contribution in [2.45, 2.75) is 51.2 Å². The molecule has 1 amide bonds. The highest BCUT2D eigenvalue weighted by Gasteiger charge is 2.35. The predicted molar refractivity (Wildman–Crippen MR) is 106 cm³/mol. The van der Waals surface area contributed by atoms with Gasteiger partial charge in [0.2, 0.25) is 0 Å². The monoisotopic (exact) mass is 393 g/mol. The van der Waals surface area contributed by atoms with Gasteiger partial charge in [-0.1, -0.05) is 0 Å². The highest BCUT2D eigenvalue weighted by molar-refractivity contribution is 5.92. The van der Waals surface area contributed by atoms with Crippen molar-refractivity contribution in [3.8, 4) is 0 Å². The molecule has 28 heavy (non-hydrogen) atoms. The molecule has 1 aromatic rings. The first-order valence-electron chi connectivity index (χ1n) is 10.1. The number of hydrogen-bond donors (Lipinski definition) is 3. The number of likely N-dealkylation sites (tertiary alicyclic amines) is 1. The summed E-state index contributed by atoms with van der Waals surface area (Å²) in [4.78, 5) is 46.8. The summed E-state index contributed by atoms with van der Waals surface area (Å²) >= 11 is 0. The number of piperidine rings is 1. The van der Waals surface area contributed by atoms with E-state index < -0.39 is 11.2 Å². The van der Waals surface area contributed by atoms with Gasteiger partial charge in [-0.05, 0) is 46.2 Å². The minimum atomic E-state index is -0.682. The Bertz CT molecular complexity index is 753. The minimum Gasteiger partial charge on any atom is -0.396 e. The zero-order valence-corrected chi connectivity index (χ0v) is 16.7. The molecule has 2 aliphatic heterocycles. The van der Waals surface area contributed by atoms with Crippen LogP contribution in [0.25, 0.3) is 0 Å². The highest BCUT2D eigenvalue weighted by Crippen LogP contribution is 2.24. The number of amides is 1. The van der Waals surface area contributed by atoms with Gasteiger partial charge in [0.25, 0.3) is 11.5 Å². The van der Waals surface area contributed by atoms with Gasteiger partial charge in [0, 0.05) is 50.4 Å². The van der Waals surface area contributed by atoms with Crippen molar-refractivity contribution in [2.75, 3.05) is 39.3 Å². The Morgan fingerprint density at radius 2 is 1.89 bits per heavy atom. The maximum Gasteiger partial charge on any atom is 0.326 e. The molecule has 3 heterocycles. The first-order chi connectivity index (χ1) is 13.4. The Morgan fingerprint density at radius 1 is 1.18 bits per heavy atom. The third-order valence-electron chi connectivity index (χ3n) is 5.97. The van der Waals surface area contributed by atoms with Gasteiger partial charge in [0.1, 0.15) is 5.69 Å². The van der Waals surface area contributed by atoms with Gasteiger partial charge in [0.05, 0.1) is 0 Å². The van der Waals surface area contributed by atoms with E-state index in [-0.39, 0.29) is 24.2 Å². The Morgan fingerprint density at radius 3 is 2.50 bits per heavy atom. The molecule has 3 rings (SSSR count). The molecule has 0 aliphatic carbocycles. The molecule has 0 spiro atoms. The van der Waals surface area contributed by atoms with E-state index in [0.29, 0.717) is 31.6 Å². The lowest BCUT2D eigenvalue weighted by Gasteiger charge is -2.48. The number of aromatic amines is 2. The molecule has 9 heteroatoms. The summed E-state index contributed by atoms with van der Waals surface area (Å²) in [5.74, 6) is -0.347. The quantitative estimate of drug-likeness (QED) is 0.618. The SMILES string of the molecule is CC(C)N1CCC(N2CCN(C(=O)c3cc(=O)[nH]c(=O)[nH]3)CC2CCO)CC1. The van der Waals surface area contributed by atoms with Crippen molar-refractivity contribution in [1.82, 2.24) is 24.7 Å². The molecule has 0 aromatic carbocycles. The molecule has 1 atom stereocenters. The number of carbonyl (C=O) groups is 1. The van der Waals surface area contributed by atoms with Gasteiger partial charge in [-0.2, -0.15) is 0 Å². The molecular formula is C19H31N5O4. The molecule has 0 radical (unpaired) electrons. The lowest BCUT2D eigenvalue weighted by molar-refractivity contribution is 0.00392. The van der Waals surface area contributed by atoms with Crippen LogP contribution in [0.3, 0.4) is 0 Å². The fraction of sp³-hybridized carbons (Fsp3) is 0.737. The van der Waals surface area contributed by atoms with Crippen molar-refractivity contribution < 1.29 is 9.90 Å². The Hall–Kier alpha value is -1.97. The van der Waals surface area contributed by atoms with Crippen molar-refractivity contribution in [3.05, 3.63) is 32.6 Å². The van der Waals surface area contributed by atoms with Gasteiger partial charge in [-0.25, -0.2) is 4.79 Å². The molecule has 2 saturated heterocycles. The summed E-state index contributed by atoms with van der Waals surface area (Å²) in [6, 6.07) is 2.22. The number of carbonyl (C=O) groups excluding carboxylic acids is 1. The second-order valence-corrected chi connectivity index (χ2v) is 8.02. The molecule has 9 nitrogen and oxygen atoms in total. The van der Waals surface area contributed by atoms with Crippen LogP contribution in [0.15, 0.2) is 15.7 Å². The van der Waals surface area contributed by atoms with Gasteiger partial charge in [0.15, 0.2) is 0 Å². The van der Waals surface area contributed by atoms with E-state index in [9.17, 15) is 19.5 Å². The Kier molecular flexibility index (Phi) is 6.69. The second kappa shape index (κ2) is 9.02. The van der Waals surface area contributed by atoms with Crippen LogP contribution in [0.2, 0.25) is 0 Å². The van der Waals surface area contributed by atoms with Gasteiger partial charge in [-0.15, -0.1) is 0 Å². The van der Waals surface area contributed by atoms with E-state index in [2.05, 4.69) is 33.6 Å². The Labute approximate surface area is 164 Å². The Balaban J connectivity index is 1.68. The lowest BCUT2D eigenvalue weighted by Crippen LogP contribution is -2.60. The number of nitrogens with zero attached hydrogens (tertiary/aromatic N) is 3. The minimum absolute atomic E-state index is 0.00944. The van der Waals surface area contributed by atoms with Crippen LogP contribution in [0, 0.1) is 0 Å². The molecule has 1 unspecified atom stereocenters. The van der Waals surface area contributed by atoms with Crippen LogP contribution in [0.4, 0.5) is 0 Å². The summed E-state index contributed by atoms with van der Waals surface area (Å²) in [6.07, 6.45) is 2.78. The van der Waals surface area contributed by atoms with Gasteiger partial charge in [-0.3, -0.25) is 19.5 Å². The van der Waals surface area contributed by atoms with Crippen LogP contribution in [0.5, 0.6) is 0 Å². The van der Waals surface area contributed by atoms with Crippen LogP contribution < -0.4 is 11.2 Å². The molecule has 3 N–H and O–H groups in total. The summed E-state index contributed by atoms with van der Waals surface area (Å²) in [5.41, 5.74) is -1.26. The van der Waals surface area contributed by atoms with Crippen LogP contribution in [-0.4, -0.2) is 93.1 Å². The topological polar surface area (TPSA) is 113 Å². The summed E-state index contributed by atoms with van der Waals surface area (Å²) in [7, 11) is 0. The second-order valence-electron chi connectivity index (χ2n) is 8.02. The molecular weight excluding hydrogens is 362 g/mol. The average molecular weight is 393 g/mol. The molecule has 156 valence electrons. The summed E-state index contributed by atoms with van der Waals surface area (Å²) in [5, 5.41) is 9.53. The van der Waals surface area contributed by atoms with Crippen LogP contribution >= 0.6 is 0 Å².